The maximum atomic E-state index is 11.9. The Morgan fingerprint density at radius 2 is 1.86 bits per heavy atom. The van der Waals surface area contributed by atoms with Gasteiger partial charge in [-0.2, -0.15) is 0 Å². The summed E-state index contributed by atoms with van der Waals surface area (Å²) in [6.07, 6.45) is 4.63. The van der Waals surface area contributed by atoms with Gasteiger partial charge in [0.25, 0.3) is 0 Å². The molecule has 4 nitrogen and oxygen atoms in total. The van der Waals surface area contributed by atoms with E-state index in [-0.39, 0.29) is 0 Å². The molecule has 0 spiro atoms. The molecule has 0 atom stereocenters. The van der Waals surface area contributed by atoms with Gasteiger partial charge in [-0.3, -0.25) is 14.7 Å². The largest absolute Gasteiger partial charge is 0.481 e. The minimum atomic E-state index is -0.790. The molecule has 1 aliphatic rings. The predicted octanol–water partition coefficient (Wildman–Crippen LogP) is 2.70. The van der Waals surface area contributed by atoms with Crippen molar-refractivity contribution in [2.24, 2.45) is 0 Å². The number of pyridine rings is 1. The highest BCUT2D eigenvalue weighted by atomic mass is 16.4. The molecule has 0 aliphatic carbocycles. The van der Waals surface area contributed by atoms with Gasteiger partial charge in [-0.25, -0.2) is 0 Å². The average molecular weight is 296 g/mol. The van der Waals surface area contributed by atoms with Crippen molar-refractivity contribution < 1.29 is 9.90 Å². The summed E-state index contributed by atoms with van der Waals surface area (Å²) < 4.78 is 0. The number of rotatable bonds is 4. The summed E-state index contributed by atoms with van der Waals surface area (Å²) in [5, 5.41) is 9.77. The van der Waals surface area contributed by atoms with Gasteiger partial charge in [-0.05, 0) is 43.1 Å². The highest BCUT2D eigenvalue weighted by molar-refractivity contribution is 5.81. The van der Waals surface area contributed by atoms with Gasteiger partial charge >= 0.3 is 5.97 Å². The second-order valence-electron chi connectivity index (χ2n) is 5.89. The number of benzene rings is 1. The molecule has 1 fully saturated rings. The molecule has 1 aliphatic heterocycles. The summed E-state index contributed by atoms with van der Waals surface area (Å²) in [6, 6.07) is 14.0. The Labute approximate surface area is 130 Å². The highest BCUT2D eigenvalue weighted by Crippen LogP contribution is 2.35. The van der Waals surface area contributed by atoms with Crippen LogP contribution in [0, 0.1) is 0 Å². The van der Waals surface area contributed by atoms with Crippen molar-refractivity contribution in [3.63, 3.8) is 0 Å². The van der Waals surface area contributed by atoms with E-state index in [2.05, 4.69) is 22.0 Å². The Balaban J connectivity index is 1.72. The fraction of sp³-hybridized carbons (Fsp3) is 0.333. The lowest BCUT2D eigenvalue weighted by molar-refractivity contribution is -0.146. The summed E-state index contributed by atoms with van der Waals surface area (Å²) in [4.78, 5) is 18.3. The average Bonchev–Trinajstić information content (AvgIpc) is 2.57. The third kappa shape index (κ3) is 2.88. The van der Waals surface area contributed by atoms with E-state index in [0.717, 1.165) is 25.2 Å². The molecule has 2 aromatic rings. The van der Waals surface area contributed by atoms with Gasteiger partial charge in [0.1, 0.15) is 0 Å². The molecule has 0 radical (unpaired) electrons. The number of nitrogens with zero attached hydrogens (tertiary/aromatic N) is 2. The molecule has 1 aromatic heterocycles. The molecule has 1 aromatic carbocycles. The van der Waals surface area contributed by atoms with Crippen LogP contribution < -0.4 is 0 Å². The van der Waals surface area contributed by atoms with Crippen LogP contribution in [0.25, 0.3) is 0 Å². The van der Waals surface area contributed by atoms with E-state index in [0.29, 0.717) is 12.8 Å². The molecule has 114 valence electrons. The van der Waals surface area contributed by atoms with Gasteiger partial charge in [0, 0.05) is 18.9 Å². The first kappa shape index (κ1) is 14.7. The van der Waals surface area contributed by atoms with Crippen LogP contribution in [0.2, 0.25) is 0 Å². The minimum Gasteiger partial charge on any atom is -0.481 e. The molecule has 0 amide bonds. The zero-order valence-corrected chi connectivity index (χ0v) is 12.5. The molecule has 3 rings (SSSR count). The van der Waals surface area contributed by atoms with Crippen LogP contribution >= 0.6 is 0 Å². The van der Waals surface area contributed by atoms with E-state index in [4.69, 9.17) is 0 Å². The number of carboxylic acid groups (broad SMARTS) is 1. The van der Waals surface area contributed by atoms with E-state index in [1.807, 2.05) is 30.3 Å². The Hall–Kier alpha value is -2.20. The fourth-order valence-electron chi connectivity index (χ4n) is 3.21. The maximum absolute atomic E-state index is 11.9. The standard InChI is InChI=1S/C18H20N2O2/c21-17(22)18(16-7-4-10-19-13-16)8-11-20(12-9-18)14-15-5-2-1-3-6-15/h1-7,10,13H,8-9,11-12,14H2,(H,21,22). The van der Waals surface area contributed by atoms with Crippen molar-refractivity contribution in [2.75, 3.05) is 13.1 Å². The van der Waals surface area contributed by atoms with Crippen molar-refractivity contribution in [2.45, 2.75) is 24.8 Å². The molecule has 1 N–H and O–H groups in total. The Bertz CT molecular complexity index is 620. The Kier molecular flexibility index (Phi) is 4.20. The van der Waals surface area contributed by atoms with E-state index in [1.54, 1.807) is 12.4 Å². The lowest BCUT2D eigenvalue weighted by atomic mass is 9.73. The number of carboxylic acids is 1. The van der Waals surface area contributed by atoms with Crippen LogP contribution in [0.15, 0.2) is 54.9 Å². The summed E-state index contributed by atoms with van der Waals surface area (Å²) in [7, 11) is 0. The molecular weight excluding hydrogens is 276 g/mol. The van der Waals surface area contributed by atoms with Crippen molar-refractivity contribution >= 4 is 5.97 Å². The first-order chi connectivity index (χ1) is 10.7. The Morgan fingerprint density at radius 3 is 2.45 bits per heavy atom. The first-order valence-corrected chi connectivity index (χ1v) is 7.61. The van der Waals surface area contributed by atoms with E-state index in [1.165, 1.54) is 5.56 Å². The van der Waals surface area contributed by atoms with Gasteiger partial charge in [0.2, 0.25) is 0 Å². The third-order valence-electron chi connectivity index (χ3n) is 4.58. The Morgan fingerprint density at radius 1 is 1.14 bits per heavy atom. The van der Waals surface area contributed by atoms with Crippen LogP contribution in [0.4, 0.5) is 0 Å². The van der Waals surface area contributed by atoms with Crippen LogP contribution in [0.3, 0.4) is 0 Å². The van der Waals surface area contributed by atoms with Crippen LogP contribution in [0.5, 0.6) is 0 Å². The minimum absolute atomic E-state index is 0.626. The normalized spacial score (nSPS) is 18.0. The van der Waals surface area contributed by atoms with Crippen molar-refractivity contribution in [1.82, 2.24) is 9.88 Å². The van der Waals surface area contributed by atoms with Crippen molar-refractivity contribution in [3.8, 4) is 0 Å². The van der Waals surface area contributed by atoms with Gasteiger partial charge in [-0.15, -0.1) is 0 Å². The summed E-state index contributed by atoms with van der Waals surface area (Å²) in [5.41, 5.74) is 1.30. The van der Waals surface area contributed by atoms with Gasteiger partial charge in [-0.1, -0.05) is 36.4 Å². The zero-order valence-electron chi connectivity index (χ0n) is 12.5. The van der Waals surface area contributed by atoms with Crippen LogP contribution in [-0.2, 0) is 16.8 Å². The van der Waals surface area contributed by atoms with Gasteiger partial charge in [0.05, 0.1) is 5.41 Å². The number of aliphatic carboxylic acids is 1. The number of hydrogen-bond acceptors (Lipinski definition) is 3. The van der Waals surface area contributed by atoms with E-state index >= 15 is 0 Å². The number of piperidine rings is 1. The quantitative estimate of drug-likeness (QED) is 0.942. The fourth-order valence-corrected chi connectivity index (χ4v) is 3.21. The van der Waals surface area contributed by atoms with E-state index < -0.39 is 11.4 Å². The van der Waals surface area contributed by atoms with Crippen molar-refractivity contribution in [3.05, 3.63) is 66.0 Å². The SMILES string of the molecule is O=C(O)C1(c2cccnc2)CCN(Cc2ccccc2)CC1. The number of likely N-dealkylation sites (tertiary alicyclic amines) is 1. The number of hydrogen-bond donors (Lipinski definition) is 1. The highest BCUT2D eigenvalue weighted by Gasteiger charge is 2.43. The molecule has 0 unspecified atom stereocenters. The van der Waals surface area contributed by atoms with Crippen LogP contribution in [0.1, 0.15) is 24.0 Å². The molecule has 2 heterocycles. The topological polar surface area (TPSA) is 53.4 Å². The smallest absolute Gasteiger partial charge is 0.314 e. The number of aromatic nitrogens is 1. The monoisotopic (exact) mass is 296 g/mol. The lowest BCUT2D eigenvalue weighted by Crippen LogP contribution is -2.47. The second kappa shape index (κ2) is 6.28. The second-order valence-corrected chi connectivity index (χ2v) is 5.89. The maximum Gasteiger partial charge on any atom is 0.314 e. The zero-order chi connectivity index (χ0) is 15.4. The van der Waals surface area contributed by atoms with Crippen LogP contribution in [-0.4, -0.2) is 34.0 Å². The summed E-state index contributed by atoms with van der Waals surface area (Å²) in [5.74, 6) is -0.736. The molecule has 0 saturated carbocycles. The molecule has 0 bridgehead atoms. The first-order valence-electron chi connectivity index (χ1n) is 7.61. The third-order valence-corrected chi connectivity index (χ3v) is 4.58. The van der Waals surface area contributed by atoms with Crippen molar-refractivity contribution in [1.29, 1.82) is 0 Å². The summed E-state index contributed by atoms with van der Waals surface area (Å²) >= 11 is 0. The van der Waals surface area contributed by atoms with Gasteiger partial charge in [0.15, 0.2) is 0 Å². The summed E-state index contributed by atoms with van der Waals surface area (Å²) in [6.45, 7) is 2.45. The number of carbonyl (C=O) groups is 1. The molecule has 1 saturated heterocycles. The molecular formula is C18H20N2O2. The lowest BCUT2D eigenvalue weighted by Gasteiger charge is -2.39. The molecule has 4 heteroatoms. The molecule has 22 heavy (non-hydrogen) atoms. The van der Waals surface area contributed by atoms with E-state index in [9.17, 15) is 9.90 Å². The van der Waals surface area contributed by atoms with Gasteiger partial charge < -0.3 is 5.11 Å². The predicted molar refractivity (Wildman–Crippen MR) is 84.5 cm³/mol.